The topological polar surface area (TPSA) is 75.9 Å². The number of methoxy groups -OCH3 is 1. The fourth-order valence-electron chi connectivity index (χ4n) is 2.95. The number of carbonyl (C=O) groups excluding carboxylic acids is 1. The highest BCUT2D eigenvalue weighted by molar-refractivity contribution is 7.12. The van der Waals surface area contributed by atoms with Crippen LogP contribution in [0, 0.1) is 6.92 Å². The molecule has 0 spiro atoms. The summed E-state index contributed by atoms with van der Waals surface area (Å²) in [5.74, 6) is 2.31. The van der Waals surface area contributed by atoms with Crippen LogP contribution >= 0.6 is 11.3 Å². The van der Waals surface area contributed by atoms with E-state index in [9.17, 15) is 4.79 Å². The van der Waals surface area contributed by atoms with Crippen molar-refractivity contribution in [3.8, 4) is 5.75 Å². The van der Waals surface area contributed by atoms with Gasteiger partial charge in [-0.2, -0.15) is 4.52 Å². The highest BCUT2D eigenvalue weighted by atomic mass is 32.1. The number of nitrogens with zero attached hydrogens (tertiary/aromatic N) is 6. The smallest absolute Gasteiger partial charge is 0.267 e. The van der Waals surface area contributed by atoms with E-state index in [2.05, 4.69) is 20.2 Å². The summed E-state index contributed by atoms with van der Waals surface area (Å²) in [7, 11) is 1.59. The van der Waals surface area contributed by atoms with Gasteiger partial charge in [0.25, 0.3) is 5.91 Å². The molecule has 0 radical (unpaired) electrons. The number of fused-ring (bicyclic) bond motifs is 1. The van der Waals surface area contributed by atoms with Crippen LogP contribution in [-0.2, 0) is 0 Å². The van der Waals surface area contributed by atoms with E-state index in [4.69, 9.17) is 4.74 Å². The normalized spacial score (nSPS) is 15.0. The predicted octanol–water partition coefficient (Wildman–Crippen LogP) is 1.47. The Hall–Kier alpha value is -2.68. The minimum atomic E-state index is 0.0320. The Balaban J connectivity index is 1.47. The zero-order valence-electron chi connectivity index (χ0n) is 14.0. The Kier molecular flexibility index (Phi) is 4.00. The Morgan fingerprint density at radius 3 is 2.72 bits per heavy atom. The van der Waals surface area contributed by atoms with Crippen molar-refractivity contribution in [3.05, 3.63) is 34.3 Å². The van der Waals surface area contributed by atoms with Gasteiger partial charge in [0.05, 0.1) is 7.11 Å². The van der Waals surface area contributed by atoms with Crippen molar-refractivity contribution in [2.45, 2.75) is 6.92 Å². The average molecular weight is 358 g/mol. The molecule has 4 heterocycles. The minimum Gasteiger partial charge on any atom is -0.495 e. The third-order valence-electron chi connectivity index (χ3n) is 4.34. The van der Waals surface area contributed by atoms with Crippen molar-refractivity contribution in [1.82, 2.24) is 24.7 Å². The first kappa shape index (κ1) is 15.8. The summed E-state index contributed by atoms with van der Waals surface area (Å²) < 4.78 is 7.00. The number of thiophene rings is 1. The molecule has 1 aliphatic rings. The van der Waals surface area contributed by atoms with Gasteiger partial charge in [-0.1, -0.05) is 0 Å². The number of hydrogen-bond donors (Lipinski definition) is 0. The molecule has 1 fully saturated rings. The lowest BCUT2D eigenvalue weighted by molar-refractivity contribution is 0.0748. The molecule has 0 aliphatic carbocycles. The molecule has 130 valence electrons. The summed E-state index contributed by atoms with van der Waals surface area (Å²) in [5, 5.41) is 14.6. The molecule has 8 nitrogen and oxygen atoms in total. The lowest BCUT2D eigenvalue weighted by Gasteiger charge is -2.35. The fraction of sp³-hybridized carbons (Fsp3) is 0.375. The van der Waals surface area contributed by atoms with Crippen LogP contribution in [0.1, 0.15) is 15.5 Å². The number of hydrogen-bond acceptors (Lipinski definition) is 7. The molecule has 3 aromatic rings. The highest BCUT2D eigenvalue weighted by Crippen LogP contribution is 2.26. The molecule has 3 aromatic heterocycles. The maximum absolute atomic E-state index is 12.7. The van der Waals surface area contributed by atoms with E-state index in [1.165, 1.54) is 11.3 Å². The predicted molar refractivity (Wildman–Crippen MR) is 94.5 cm³/mol. The zero-order chi connectivity index (χ0) is 17.4. The van der Waals surface area contributed by atoms with Gasteiger partial charge in [0.1, 0.15) is 16.4 Å². The van der Waals surface area contributed by atoms with E-state index in [0.717, 1.165) is 30.4 Å². The number of aromatic nitrogens is 4. The third kappa shape index (κ3) is 2.80. The second kappa shape index (κ2) is 6.32. The van der Waals surface area contributed by atoms with Gasteiger partial charge in [-0.25, -0.2) is 0 Å². The van der Waals surface area contributed by atoms with E-state index in [1.54, 1.807) is 11.6 Å². The van der Waals surface area contributed by atoms with E-state index < -0.39 is 0 Å². The maximum Gasteiger partial charge on any atom is 0.267 e. The van der Waals surface area contributed by atoms with Crippen molar-refractivity contribution in [2.24, 2.45) is 0 Å². The molecule has 0 atom stereocenters. The first-order chi connectivity index (χ1) is 12.2. The molecule has 25 heavy (non-hydrogen) atoms. The van der Waals surface area contributed by atoms with Crippen LogP contribution in [0.3, 0.4) is 0 Å². The van der Waals surface area contributed by atoms with Gasteiger partial charge in [0, 0.05) is 26.2 Å². The van der Waals surface area contributed by atoms with Crippen molar-refractivity contribution in [3.63, 3.8) is 0 Å². The number of rotatable bonds is 3. The number of amides is 1. The van der Waals surface area contributed by atoms with E-state index in [0.29, 0.717) is 23.7 Å². The van der Waals surface area contributed by atoms with Crippen molar-refractivity contribution in [1.29, 1.82) is 0 Å². The Morgan fingerprint density at radius 2 is 1.96 bits per heavy atom. The van der Waals surface area contributed by atoms with Gasteiger partial charge in [0.15, 0.2) is 11.5 Å². The molecular formula is C16H18N6O2S. The van der Waals surface area contributed by atoms with Gasteiger partial charge in [-0.3, -0.25) is 4.79 Å². The van der Waals surface area contributed by atoms with E-state index in [1.807, 2.05) is 35.4 Å². The molecule has 0 bridgehead atoms. The lowest BCUT2D eigenvalue weighted by Crippen LogP contribution is -2.49. The molecule has 0 saturated carbocycles. The average Bonchev–Trinajstić information content (AvgIpc) is 3.28. The highest BCUT2D eigenvalue weighted by Gasteiger charge is 2.26. The molecule has 0 unspecified atom stereocenters. The van der Waals surface area contributed by atoms with Crippen molar-refractivity contribution < 1.29 is 9.53 Å². The van der Waals surface area contributed by atoms with Crippen molar-refractivity contribution >= 4 is 28.7 Å². The monoisotopic (exact) mass is 358 g/mol. The summed E-state index contributed by atoms with van der Waals surface area (Å²) in [6, 6.07) is 5.69. The van der Waals surface area contributed by atoms with E-state index in [-0.39, 0.29) is 5.91 Å². The third-order valence-corrected chi connectivity index (χ3v) is 5.22. The largest absolute Gasteiger partial charge is 0.495 e. The second-order valence-electron chi connectivity index (χ2n) is 5.81. The van der Waals surface area contributed by atoms with Gasteiger partial charge >= 0.3 is 0 Å². The number of carbonyl (C=O) groups is 1. The Labute approximate surface area is 148 Å². The number of aryl methyl sites for hydroxylation is 1. The van der Waals surface area contributed by atoms with Crippen LogP contribution in [0.25, 0.3) is 5.65 Å². The molecule has 9 heteroatoms. The molecule has 1 amide bonds. The summed E-state index contributed by atoms with van der Waals surface area (Å²) in [5.41, 5.74) is 0.736. The van der Waals surface area contributed by atoms with Gasteiger partial charge in [0.2, 0.25) is 0 Å². The number of ether oxygens (including phenoxy) is 1. The Bertz CT molecular complexity index is 912. The van der Waals surface area contributed by atoms with Crippen LogP contribution in [-0.4, -0.2) is 63.9 Å². The fourth-order valence-corrected chi connectivity index (χ4v) is 3.78. The van der Waals surface area contributed by atoms with Crippen LogP contribution < -0.4 is 9.64 Å². The summed E-state index contributed by atoms with van der Waals surface area (Å²) >= 11 is 1.42. The standard InChI is InChI=1S/C16H18N6O2S/c1-11-17-18-13-3-4-14(19-22(11)13)20-6-8-21(9-7-20)16(23)15-12(24-2)5-10-25-15/h3-5,10H,6-9H2,1-2H3. The summed E-state index contributed by atoms with van der Waals surface area (Å²) in [6.45, 7) is 4.65. The Morgan fingerprint density at radius 1 is 1.16 bits per heavy atom. The van der Waals surface area contributed by atoms with Crippen LogP contribution in [0.2, 0.25) is 0 Å². The van der Waals surface area contributed by atoms with Gasteiger partial charge in [-0.15, -0.1) is 26.6 Å². The molecule has 1 aliphatic heterocycles. The van der Waals surface area contributed by atoms with E-state index >= 15 is 0 Å². The molecule has 0 aromatic carbocycles. The summed E-state index contributed by atoms with van der Waals surface area (Å²) in [6.07, 6.45) is 0. The SMILES string of the molecule is COc1ccsc1C(=O)N1CCN(c2ccc3nnc(C)n3n2)CC1. The molecule has 1 saturated heterocycles. The maximum atomic E-state index is 12.7. The van der Waals surface area contributed by atoms with Gasteiger partial charge in [-0.05, 0) is 30.5 Å². The lowest BCUT2D eigenvalue weighted by atomic mass is 10.2. The molecule has 0 N–H and O–H groups in total. The van der Waals surface area contributed by atoms with Crippen molar-refractivity contribution in [2.75, 3.05) is 38.2 Å². The summed E-state index contributed by atoms with van der Waals surface area (Å²) in [4.78, 5) is 17.4. The molecule has 4 rings (SSSR count). The second-order valence-corrected chi connectivity index (χ2v) is 6.72. The minimum absolute atomic E-state index is 0.0320. The van der Waals surface area contributed by atoms with Gasteiger partial charge < -0.3 is 14.5 Å². The number of anilines is 1. The number of piperazine rings is 1. The quantitative estimate of drug-likeness (QED) is 0.706. The van der Waals surface area contributed by atoms with Crippen LogP contribution in [0.15, 0.2) is 23.6 Å². The zero-order valence-corrected chi connectivity index (χ0v) is 14.9. The first-order valence-electron chi connectivity index (χ1n) is 8.02. The van der Waals surface area contributed by atoms with Crippen LogP contribution in [0.5, 0.6) is 5.75 Å². The first-order valence-corrected chi connectivity index (χ1v) is 8.90. The van der Waals surface area contributed by atoms with Crippen LogP contribution in [0.4, 0.5) is 5.82 Å². The molecular weight excluding hydrogens is 340 g/mol.